The number of para-hydroxylation sites is 1. The van der Waals surface area contributed by atoms with Crippen LogP contribution in [0.2, 0.25) is 0 Å². The highest BCUT2D eigenvalue weighted by atomic mass is 32.2. The summed E-state index contributed by atoms with van der Waals surface area (Å²) in [5.41, 5.74) is -1.11. The smallest absolute Gasteiger partial charge is 0.322 e. The molecule has 1 atom stereocenters. The van der Waals surface area contributed by atoms with Gasteiger partial charge in [-0.25, -0.2) is 9.18 Å². The Labute approximate surface area is 189 Å². The fourth-order valence-electron chi connectivity index (χ4n) is 3.53. The van der Waals surface area contributed by atoms with Crippen LogP contribution in [0.3, 0.4) is 0 Å². The molecular formula is C22H16F4N3O3S+. The van der Waals surface area contributed by atoms with Gasteiger partial charge in [0.1, 0.15) is 18.1 Å². The number of allylic oxidation sites excluding steroid dienone is 1. The second kappa shape index (κ2) is 8.81. The highest BCUT2D eigenvalue weighted by Gasteiger charge is 2.49. The zero-order valence-corrected chi connectivity index (χ0v) is 17.6. The number of urea groups is 1. The number of alkyl halides is 3. The first-order chi connectivity index (χ1) is 15.7. The highest BCUT2D eigenvalue weighted by Crippen LogP contribution is 2.34. The molecule has 2 aromatic rings. The Bertz CT molecular complexity index is 1210. The van der Waals surface area contributed by atoms with Gasteiger partial charge in [-0.2, -0.15) is 27.4 Å². The monoisotopic (exact) mass is 478 g/mol. The zero-order chi connectivity index (χ0) is 23.8. The molecule has 2 aliphatic heterocycles. The maximum atomic E-state index is 14.1. The van der Waals surface area contributed by atoms with Gasteiger partial charge in [-0.1, -0.05) is 30.3 Å². The number of benzene rings is 2. The molecule has 170 valence electrons. The van der Waals surface area contributed by atoms with E-state index in [1.54, 1.807) is 11.5 Å². The van der Waals surface area contributed by atoms with E-state index in [1.807, 2.05) is 0 Å². The second-order valence-electron chi connectivity index (χ2n) is 7.22. The van der Waals surface area contributed by atoms with Gasteiger partial charge in [-0.3, -0.25) is 4.79 Å². The molecule has 6 nitrogen and oxygen atoms in total. The number of carbonyl (C=O) groups excluding carboxylic acids is 3. The summed E-state index contributed by atoms with van der Waals surface area (Å²) in [5.74, 6) is -2.04. The number of hydrogen-bond donors (Lipinski definition) is 1. The number of nitrogens with one attached hydrogen (secondary N) is 1. The van der Waals surface area contributed by atoms with E-state index in [1.165, 1.54) is 36.4 Å². The van der Waals surface area contributed by atoms with Crippen LogP contribution in [0.25, 0.3) is 0 Å². The van der Waals surface area contributed by atoms with Gasteiger partial charge in [0.2, 0.25) is 0 Å². The molecule has 2 aliphatic rings. The fraction of sp³-hybridized carbons (Fsp3) is 0.182. The van der Waals surface area contributed by atoms with Gasteiger partial charge >= 0.3 is 18.1 Å². The van der Waals surface area contributed by atoms with Gasteiger partial charge in [0.15, 0.2) is 11.8 Å². The molecule has 0 spiro atoms. The molecule has 0 bridgehead atoms. The van der Waals surface area contributed by atoms with Crippen LogP contribution in [0.4, 0.5) is 28.0 Å². The number of nitrogens with zero attached hydrogens (tertiary/aromatic N) is 2. The summed E-state index contributed by atoms with van der Waals surface area (Å²) in [7, 11) is 0. The van der Waals surface area contributed by atoms with E-state index in [2.05, 4.69) is 5.32 Å². The van der Waals surface area contributed by atoms with Crippen LogP contribution in [0.1, 0.15) is 11.1 Å². The number of imide groups is 1. The van der Waals surface area contributed by atoms with Crippen molar-refractivity contribution in [1.82, 2.24) is 4.90 Å². The molecule has 0 saturated carbocycles. The van der Waals surface area contributed by atoms with Crippen molar-refractivity contribution in [2.75, 3.05) is 11.9 Å². The van der Waals surface area contributed by atoms with Crippen LogP contribution < -0.4 is 5.32 Å². The minimum atomic E-state index is -4.68. The Kier molecular flexibility index (Phi) is 6.07. The van der Waals surface area contributed by atoms with Gasteiger partial charge in [0.25, 0.3) is 5.91 Å². The molecular weight excluding hydrogens is 462 g/mol. The van der Waals surface area contributed by atoms with E-state index in [0.717, 1.165) is 33.4 Å². The third-order valence-corrected chi connectivity index (χ3v) is 6.09. The quantitative estimate of drug-likeness (QED) is 0.521. The summed E-state index contributed by atoms with van der Waals surface area (Å²) in [4.78, 5) is 39.4. The summed E-state index contributed by atoms with van der Waals surface area (Å²) in [6, 6.07) is 9.27. The molecule has 0 saturated heterocycles. The minimum absolute atomic E-state index is 0.113. The Hall–Kier alpha value is -3.47. The average molecular weight is 478 g/mol. The number of anilines is 1. The minimum Gasteiger partial charge on any atom is -0.322 e. The third-order valence-electron chi connectivity index (χ3n) is 5.08. The van der Waals surface area contributed by atoms with Crippen molar-refractivity contribution in [3.63, 3.8) is 0 Å². The summed E-state index contributed by atoms with van der Waals surface area (Å²) in [6.45, 7) is -0.966. The molecule has 2 aromatic carbocycles. The Balaban J connectivity index is 1.60. The van der Waals surface area contributed by atoms with E-state index in [-0.39, 0.29) is 17.8 Å². The lowest BCUT2D eigenvalue weighted by atomic mass is 10.1. The molecule has 4 amide bonds. The van der Waals surface area contributed by atoms with Crippen molar-refractivity contribution < 1.29 is 36.5 Å². The van der Waals surface area contributed by atoms with Crippen molar-refractivity contribution in [3.8, 4) is 0 Å². The summed E-state index contributed by atoms with van der Waals surface area (Å²) in [5, 5.41) is 2.96. The van der Waals surface area contributed by atoms with Gasteiger partial charge in [-0.05, 0) is 29.7 Å². The maximum Gasteiger partial charge on any atom is 0.501 e. The van der Waals surface area contributed by atoms with Crippen LogP contribution in [0.15, 0.2) is 60.0 Å². The van der Waals surface area contributed by atoms with Gasteiger partial charge in [-0.15, -0.1) is 11.8 Å². The van der Waals surface area contributed by atoms with Crippen molar-refractivity contribution >= 4 is 41.0 Å². The first-order valence-corrected chi connectivity index (χ1v) is 10.6. The predicted octanol–water partition coefficient (Wildman–Crippen LogP) is 4.03. The van der Waals surface area contributed by atoms with Crippen LogP contribution >= 0.6 is 11.8 Å². The second-order valence-corrected chi connectivity index (χ2v) is 8.24. The summed E-state index contributed by atoms with van der Waals surface area (Å²) < 4.78 is 54.8. The van der Waals surface area contributed by atoms with Crippen molar-refractivity contribution in [2.24, 2.45) is 0 Å². The number of amides is 4. The molecule has 33 heavy (non-hydrogen) atoms. The lowest BCUT2D eigenvalue weighted by Crippen LogP contribution is -2.55. The van der Waals surface area contributed by atoms with Gasteiger partial charge in [0.05, 0.1) is 11.3 Å². The van der Waals surface area contributed by atoms with Crippen LogP contribution in [-0.2, 0) is 22.3 Å². The number of halogens is 4. The SMILES string of the molecule is O=C(C[N+]1=C2C=CSC2C(=O)N(Cc2ccccc2F)C1=O)Nc1ccccc1C(F)(F)F. The predicted molar refractivity (Wildman–Crippen MR) is 113 cm³/mol. The molecule has 1 unspecified atom stereocenters. The van der Waals surface area contributed by atoms with Crippen molar-refractivity contribution in [1.29, 1.82) is 0 Å². The average Bonchev–Trinajstić information content (AvgIpc) is 3.25. The molecule has 0 aromatic heterocycles. The molecule has 0 aliphatic carbocycles. The number of hydrogen-bond acceptors (Lipinski definition) is 4. The molecule has 2 heterocycles. The zero-order valence-electron chi connectivity index (χ0n) is 16.8. The maximum absolute atomic E-state index is 14.1. The number of thioether (sulfide) groups is 1. The third kappa shape index (κ3) is 4.54. The largest absolute Gasteiger partial charge is 0.501 e. The standard InChI is InChI=1S/C22H15F4N3O3S/c23-15-7-3-1-5-13(15)11-29-20(31)19-17(9-10-33-19)28(21(29)32)12-18(30)27-16-8-4-2-6-14(16)22(24,25)26/h1-10,19H,11-12H2/p+1. The van der Waals surface area contributed by atoms with Gasteiger partial charge < -0.3 is 5.32 Å². The van der Waals surface area contributed by atoms with E-state index in [9.17, 15) is 31.9 Å². The highest BCUT2D eigenvalue weighted by molar-refractivity contribution is 8.04. The molecule has 1 N–H and O–H groups in total. The number of rotatable bonds is 5. The first-order valence-electron chi connectivity index (χ1n) is 9.68. The van der Waals surface area contributed by atoms with E-state index in [0.29, 0.717) is 0 Å². The van der Waals surface area contributed by atoms with Crippen molar-refractivity contribution in [2.45, 2.75) is 18.0 Å². The van der Waals surface area contributed by atoms with E-state index < -0.39 is 52.9 Å². The molecule has 0 fully saturated rings. The lowest BCUT2D eigenvalue weighted by molar-refractivity contribution is -0.426. The van der Waals surface area contributed by atoms with Crippen LogP contribution in [0, 0.1) is 5.82 Å². The number of fused-ring (bicyclic) bond motifs is 1. The van der Waals surface area contributed by atoms with Gasteiger partial charge in [0, 0.05) is 5.56 Å². The lowest BCUT2D eigenvalue weighted by Gasteiger charge is -2.24. The summed E-state index contributed by atoms with van der Waals surface area (Å²) in [6.07, 6.45) is -3.18. The molecule has 0 radical (unpaired) electrons. The topological polar surface area (TPSA) is 69.5 Å². The Morgan fingerprint density at radius 2 is 1.79 bits per heavy atom. The Morgan fingerprint density at radius 1 is 1.09 bits per heavy atom. The van der Waals surface area contributed by atoms with Crippen LogP contribution in [-0.4, -0.2) is 44.8 Å². The Morgan fingerprint density at radius 3 is 2.52 bits per heavy atom. The fourth-order valence-corrected chi connectivity index (χ4v) is 4.49. The van der Waals surface area contributed by atoms with Crippen LogP contribution in [0.5, 0.6) is 0 Å². The first kappa shape index (κ1) is 22.7. The molecule has 4 rings (SSSR count). The van der Waals surface area contributed by atoms with Crippen molar-refractivity contribution in [3.05, 3.63) is 77.0 Å². The van der Waals surface area contributed by atoms with E-state index >= 15 is 0 Å². The normalized spacial score (nSPS) is 18.1. The summed E-state index contributed by atoms with van der Waals surface area (Å²) >= 11 is 1.12. The molecule has 11 heteroatoms. The number of carbonyl (C=O) groups is 3. The van der Waals surface area contributed by atoms with E-state index in [4.69, 9.17) is 0 Å².